The number of aromatic nitrogens is 1. The lowest BCUT2D eigenvalue weighted by molar-refractivity contribution is 0.598. The monoisotopic (exact) mass is 329 g/mol. The highest BCUT2D eigenvalue weighted by Gasteiger charge is 2.18. The topological polar surface area (TPSA) is 85.1 Å². The molecule has 0 aliphatic carbocycles. The van der Waals surface area contributed by atoms with Crippen molar-refractivity contribution in [2.45, 2.75) is 4.90 Å². The Kier molecular flexibility index (Phi) is 4.14. The van der Waals surface area contributed by atoms with E-state index < -0.39 is 21.7 Å². The fraction of sp³-hybridized carbons (Fsp3) is 0. The van der Waals surface area contributed by atoms with Gasteiger partial charge in [-0.05, 0) is 30.3 Å². The van der Waals surface area contributed by atoms with E-state index >= 15 is 0 Å². The maximum absolute atomic E-state index is 13.4. The molecule has 5 nitrogen and oxygen atoms in total. The molecule has 3 N–H and O–H groups in total. The van der Waals surface area contributed by atoms with Crippen LogP contribution in [0.4, 0.5) is 14.6 Å². The van der Waals surface area contributed by atoms with Crippen LogP contribution < -0.4 is 10.5 Å². The Morgan fingerprint density at radius 1 is 1.24 bits per heavy atom. The molecule has 0 atom stereocenters. The predicted octanol–water partition coefficient (Wildman–Crippen LogP) is 1.79. The van der Waals surface area contributed by atoms with Gasteiger partial charge in [0.05, 0.1) is 11.1 Å². The van der Waals surface area contributed by atoms with Crippen molar-refractivity contribution < 1.29 is 17.2 Å². The van der Waals surface area contributed by atoms with Gasteiger partial charge in [-0.3, -0.25) is 4.72 Å². The van der Waals surface area contributed by atoms with Crippen LogP contribution in [-0.2, 0) is 10.0 Å². The average Bonchev–Trinajstić information content (AvgIpc) is 2.41. The lowest BCUT2D eigenvalue weighted by atomic mass is 10.2. The molecular weight excluding hydrogens is 320 g/mol. The molecule has 2 aromatic rings. The van der Waals surface area contributed by atoms with Crippen LogP contribution in [0.5, 0.6) is 0 Å². The molecule has 0 spiro atoms. The van der Waals surface area contributed by atoms with Gasteiger partial charge in [0.2, 0.25) is 0 Å². The van der Waals surface area contributed by atoms with Crippen molar-refractivity contribution >= 4 is 33.0 Å². The summed E-state index contributed by atoms with van der Waals surface area (Å²) in [4.78, 5) is 3.08. The number of nitrogens with two attached hydrogens (primary N) is 1. The number of halogens is 2. The van der Waals surface area contributed by atoms with Crippen molar-refractivity contribution in [3.8, 4) is 0 Å². The van der Waals surface area contributed by atoms with Crippen LogP contribution in [0.15, 0.2) is 41.4 Å². The van der Waals surface area contributed by atoms with Crippen LogP contribution in [0.3, 0.4) is 0 Å². The summed E-state index contributed by atoms with van der Waals surface area (Å²) in [6, 6.07) is 5.23. The zero-order valence-corrected chi connectivity index (χ0v) is 12.0. The minimum Gasteiger partial charge on any atom is -0.389 e. The van der Waals surface area contributed by atoms with Crippen LogP contribution in [0, 0.1) is 11.6 Å². The number of sulfonamides is 1. The average molecular weight is 329 g/mol. The first-order chi connectivity index (χ1) is 9.79. The van der Waals surface area contributed by atoms with E-state index in [0.717, 1.165) is 36.5 Å². The molecule has 21 heavy (non-hydrogen) atoms. The zero-order valence-electron chi connectivity index (χ0n) is 10.4. The first-order valence-electron chi connectivity index (χ1n) is 5.53. The van der Waals surface area contributed by atoms with Crippen LogP contribution in [0.25, 0.3) is 0 Å². The van der Waals surface area contributed by atoms with Gasteiger partial charge >= 0.3 is 0 Å². The Bertz CT molecular complexity index is 793. The van der Waals surface area contributed by atoms with E-state index in [4.69, 9.17) is 5.73 Å². The number of anilines is 1. The molecule has 0 bridgehead atoms. The quantitative estimate of drug-likeness (QED) is 0.836. The highest BCUT2D eigenvalue weighted by molar-refractivity contribution is 7.92. The molecule has 110 valence electrons. The van der Waals surface area contributed by atoms with Gasteiger partial charge in [-0.25, -0.2) is 22.2 Å². The summed E-state index contributed by atoms with van der Waals surface area (Å²) in [6.07, 6.45) is 0.864. The Labute approximate surface area is 124 Å². The third-order valence-corrected chi connectivity index (χ3v) is 4.05. The molecule has 0 amide bonds. The third kappa shape index (κ3) is 3.50. The van der Waals surface area contributed by atoms with E-state index in [1.54, 1.807) is 0 Å². The standard InChI is InChI=1S/C12H9F2N3O2S2/c13-7-1-4-11(16-6-7)17-21(18,19)8-2-3-10(14)9(5-8)12(15)20/h1-6H,(H2,15,20)(H,16,17). The molecule has 1 aromatic carbocycles. The molecule has 0 unspecified atom stereocenters. The zero-order chi connectivity index (χ0) is 15.6. The lowest BCUT2D eigenvalue weighted by Gasteiger charge is -2.09. The largest absolute Gasteiger partial charge is 0.389 e. The Balaban J connectivity index is 2.38. The Morgan fingerprint density at radius 2 is 1.95 bits per heavy atom. The number of nitrogens with zero attached hydrogens (tertiary/aromatic N) is 1. The Hall–Kier alpha value is -2.13. The summed E-state index contributed by atoms with van der Waals surface area (Å²) in [5.74, 6) is -1.39. The number of rotatable bonds is 4. The number of benzene rings is 1. The first-order valence-corrected chi connectivity index (χ1v) is 7.42. The second-order valence-corrected chi connectivity index (χ2v) is 6.10. The van der Waals surface area contributed by atoms with Gasteiger partial charge in [-0.2, -0.15) is 0 Å². The summed E-state index contributed by atoms with van der Waals surface area (Å²) < 4.78 is 52.5. The maximum atomic E-state index is 13.4. The molecule has 0 saturated heterocycles. The molecule has 9 heteroatoms. The van der Waals surface area contributed by atoms with E-state index in [1.807, 2.05) is 0 Å². The summed E-state index contributed by atoms with van der Waals surface area (Å²) in [7, 11) is -4.02. The van der Waals surface area contributed by atoms with Crippen LogP contribution in [0.2, 0.25) is 0 Å². The summed E-state index contributed by atoms with van der Waals surface area (Å²) in [5.41, 5.74) is 5.14. The second kappa shape index (κ2) is 5.70. The van der Waals surface area contributed by atoms with Gasteiger partial charge in [-0.15, -0.1) is 0 Å². The smallest absolute Gasteiger partial charge is 0.263 e. The number of nitrogens with one attached hydrogen (secondary N) is 1. The first kappa shape index (κ1) is 15.3. The van der Waals surface area contributed by atoms with Crippen molar-refractivity contribution in [1.82, 2.24) is 4.98 Å². The van der Waals surface area contributed by atoms with Gasteiger partial charge in [0.1, 0.15) is 22.4 Å². The molecule has 0 aliphatic heterocycles. The number of hydrogen-bond donors (Lipinski definition) is 2. The van der Waals surface area contributed by atoms with Gasteiger partial charge in [0, 0.05) is 5.56 Å². The highest BCUT2D eigenvalue weighted by atomic mass is 32.2. The van der Waals surface area contributed by atoms with Crippen molar-refractivity contribution in [2.75, 3.05) is 4.72 Å². The minimum absolute atomic E-state index is 0.0717. The van der Waals surface area contributed by atoms with Gasteiger partial charge in [0.15, 0.2) is 0 Å². The van der Waals surface area contributed by atoms with Crippen molar-refractivity contribution in [3.05, 3.63) is 53.7 Å². The molecule has 0 fully saturated rings. The molecule has 2 rings (SSSR count). The van der Waals surface area contributed by atoms with E-state index in [1.165, 1.54) is 0 Å². The van der Waals surface area contributed by atoms with Gasteiger partial charge in [-0.1, -0.05) is 12.2 Å². The van der Waals surface area contributed by atoms with Crippen LogP contribution in [-0.4, -0.2) is 18.4 Å². The normalized spacial score (nSPS) is 11.1. The predicted molar refractivity (Wildman–Crippen MR) is 77.3 cm³/mol. The number of pyridine rings is 1. The fourth-order valence-electron chi connectivity index (χ4n) is 1.49. The summed E-state index contributed by atoms with van der Waals surface area (Å²) >= 11 is 4.64. The van der Waals surface area contributed by atoms with Crippen molar-refractivity contribution in [1.29, 1.82) is 0 Å². The second-order valence-electron chi connectivity index (χ2n) is 3.97. The van der Waals surface area contributed by atoms with E-state index in [2.05, 4.69) is 21.9 Å². The van der Waals surface area contributed by atoms with Crippen LogP contribution in [0.1, 0.15) is 5.56 Å². The van der Waals surface area contributed by atoms with E-state index in [9.17, 15) is 17.2 Å². The minimum atomic E-state index is -4.02. The highest BCUT2D eigenvalue weighted by Crippen LogP contribution is 2.18. The lowest BCUT2D eigenvalue weighted by Crippen LogP contribution is -2.17. The molecule has 0 aliphatic rings. The van der Waals surface area contributed by atoms with E-state index in [-0.39, 0.29) is 21.3 Å². The van der Waals surface area contributed by atoms with Gasteiger partial charge < -0.3 is 5.73 Å². The van der Waals surface area contributed by atoms with Crippen molar-refractivity contribution in [2.24, 2.45) is 5.73 Å². The van der Waals surface area contributed by atoms with E-state index in [0.29, 0.717) is 0 Å². The fourth-order valence-corrected chi connectivity index (χ4v) is 2.68. The molecule has 0 radical (unpaired) electrons. The third-order valence-electron chi connectivity index (χ3n) is 2.48. The van der Waals surface area contributed by atoms with Crippen molar-refractivity contribution in [3.63, 3.8) is 0 Å². The number of hydrogen-bond acceptors (Lipinski definition) is 4. The SMILES string of the molecule is NC(=S)c1cc(S(=O)(=O)Nc2ccc(F)cn2)ccc1F. The molecular formula is C12H9F2N3O2S2. The maximum Gasteiger partial charge on any atom is 0.263 e. The molecule has 1 aromatic heterocycles. The Morgan fingerprint density at radius 3 is 2.52 bits per heavy atom. The molecule has 0 saturated carbocycles. The number of thiocarbonyl (C=S) groups is 1. The summed E-state index contributed by atoms with van der Waals surface area (Å²) in [6.45, 7) is 0. The van der Waals surface area contributed by atoms with Gasteiger partial charge in [0.25, 0.3) is 10.0 Å². The summed E-state index contributed by atoms with van der Waals surface area (Å²) in [5, 5.41) is 0. The van der Waals surface area contributed by atoms with Crippen LogP contribution >= 0.6 is 12.2 Å². The molecule has 1 heterocycles.